The third kappa shape index (κ3) is 4.67. The van der Waals surface area contributed by atoms with Gasteiger partial charge in [-0.2, -0.15) is 4.68 Å². The highest BCUT2D eigenvalue weighted by molar-refractivity contribution is 6.32. The maximum atomic E-state index is 14.3. The number of benzene rings is 1. The minimum Gasteiger partial charge on any atom is -0.477 e. The van der Waals surface area contributed by atoms with E-state index in [-0.39, 0.29) is 10.8 Å². The van der Waals surface area contributed by atoms with Crippen LogP contribution in [-0.4, -0.2) is 32.0 Å². The molecule has 154 valence electrons. The predicted octanol–water partition coefficient (Wildman–Crippen LogP) is 3.41. The molecule has 0 aliphatic carbocycles. The van der Waals surface area contributed by atoms with Crippen LogP contribution in [0.25, 0.3) is 5.69 Å². The molecule has 0 fully saturated rings. The molecule has 0 aliphatic heterocycles. The molecule has 0 bridgehead atoms. The van der Waals surface area contributed by atoms with Gasteiger partial charge in [0.2, 0.25) is 5.82 Å². The van der Waals surface area contributed by atoms with Crippen molar-refractivity contribution in [3.8, 4) is 11.4 Å². The van der Waals surface area contributed by atoms with Crippen LogP contribution in [-0.2, 0) is 16.6 Å². The minimum absolute atomic E-state index is 0.146. The van der Waals surface area contributed by atoms with Crippen molar-refractivity contribution in [1.82, 2.24) is 14.3 Å². The van der Waals surface area contributed by atoms with Crippen molar-refractivity contribution in [3.05, 3.63) is 39.3 Å². The van der Waals surface area contributed by atoms with E-state index in [0.29, 0.717) is 9.25 Å². The number of rotatable bonds is 5. The molecular weight excluding hydrogens is 403 g/mol. The van der Waals surface area contributed by atoms with Crippen LogP contribution in [0.1, 0.15) is 39.9 Å². The number of ether oxygens (including phenoxy) is 2. The van der Waals surface area contributed by atoms with Gasteiger partial charge in [-0.05, 0) is 33.8 Å². The molecule has 0 amide bonds. The van der Waals surface area contributed by atoms with Crippen molar-refractivity contribution >= 4 is 17.6 Å². The fourth-order valence-electron chi connectivity index (χ4n) is 2.19. The molecule has 28 heavy (non-hydrogen) atoms. The Bertz CT molecular complexity index is 950. The summed E-state index contributed by atoms with van der Waals surface area (Å²) >= 11 is 5.95. The Morgan fingerprint density at radius 3 is 2.39 bits per heavy atom. The summed E-state index contributed by atoms with van der Waals surface area (Å²) in [5.74, 6) is -2.65. The van der Waals surface area contributed by atoms with E-state index in [2.05, 4.69) is 5.10 Å². The summed E-state index contributed by atoms with van der Waals surface area (Å²) in [6.45, 7) is 6.42. The molecule has 2 rings (SSSR count). The molecular formula is C17H19ClF3N3O4. The third-order valence-electron chi connectivity index (χ3n) is 3.48. The number of alkyl halides is 2. The maximum absolute atomic E-state index is 14.3. The first kappa shape index (κ1) is 21.8. The summed E-state index contributed by atoms with van der Waals surface area (Å²) in [5, 5.41) is 3.27. The number of esters is 1. The van der Waals surface area contributed by atoms with E-state index >= 15 is 0 Å². The number of hydrogen-bond donors (Lipinski definition) is 0. The second kappa shape index (κ2) is 7.86. The van der Waals surface area contributed by atoms with E-state index < -0.39 is 47.1 Å². The summed E-state index contributed by atoms with van der Waals surface area (Å²) in [6.07, 6.45) is -4.13. The van der Waals surface area contributed by atoms with E-state index in [1.807, 2.05) is 0 Å². The number of carbonyl (C=O) groups is 1. The topological polar surface area (TPSA) is 75.4 Å². The minimum atomic E-state index is -3.03. The SMILES string of the molecule is CC(Oc1cc(-n2nc(C(F)F)n(C)c2=O)c(F)cc1Cl)C(=O)OC(C)(C)C. The molecule has 0 saturated carbocycles. The van der Waals surface area contributed by atoms with Crippen molar-refractivity contribution in [2.24, 2.45) is 7.05 Å². The van der Waals surface area contributed by atoms with Gasteiger partial charge >= 0.3 is 11.7 Å². The Labute approximate surface area is 163 Å². The summed E-state index contributed by atoms with van der Waals surface area (Å²) < 4.78 is 51.9. The number of aromatic nitrogens is 3. The average Bonchev–Trinajstić information content (AvgIpc) is 2.84. The van der Waals surface area contributed by atoms with Gasteiger partial charge in [-0.15, -0.1) is 5.10 Å². The van der Waals surface area contributed by atoms with E-state index in [1.54, 1.807) is 20.8 Å². The Morgan fingerprint density at radius 2 is 1.89 bits per heavy atom. The molecule has 0 aliphatic rings. The van der Waals surface area contributed by atoms with Gasteiger partial charge in [0, 0.05) is 13.1 Å². The molecule has 2 aromatic rings. The first-order chi connectivity index (χ1) is 12.8. The van der Waals surface area contributed by atoms with Crippen LogP contribution in [0.5, 0.6) is 5.75 Å². The molecule has 7 nitrogen and oxygen atoms in total. The van der Waals surface area contributed by atoms with E-state index in [0.717, 1.165) is 19.2 Å². The summed E-state index contributed by atoms with van der Waals surface area (Å²) in [7, 11) is 1.09. The standard InChI is InChI=1S/C17H19ClF3N3O4/c1-8(15(25)28-17(2,3)4)27-12-7-11(10(19)6-9(12)18)24-16(26)23(5)14(22-24)13(20)21/h6-8,13H,1-5H3. The molecule has 11 heteroatoms. The van der Waals surface area contributed by atoms with Gasteiger partial charge in [0.1, 0.15) is 17.0 Å². The lowest BCUT2D eigenvalue weighted by molar-refractivity contribution is -0.162. The predicted molar refractivity (Wildman–Crippen MR) is 94.7 cm³/mol. The summed E-state index contributed by atoms with van der Waals surface area (Å²) in [5.41, 5.74) is -2.19. The Balaban J connectivity index is 2.42. The monoisotopic (exact) mass is 421 g/mol. The first-order valence-corrected chi connectivity index (χ1v) is 8.52. The van der Waals surface area contributed by atoms with Gasteiger partial charge in [0.05, 0.1) is 5.02 Å². The number of carbonyl (C=O) groups excluding carboxylic acids is 1. The quantitative estimate of drug-likeness (QED) is 0.691. The molecule has 1 atom stereocenters. The molecule has 1 aromatic carbocycles. The highest BCUT2D eigenvalue weighted by Gasteiger charge is 2.26. The van der Waals surface area contributed by atoms with Crippen LogP contribution in [0.3, 0.4) is 0 Å². The van der Waals surface area contributed by atoms with Gasteiger partial charge in [-0.3, -0.25) is 4.57 Å². The average molecular weight is 422 g/mol. The molecule has 0 saturated heterocycles. The summed E-state index contributed by atoms with van der Waals surface area (Å²) in [6, 6.07) is 1.83. The van der Waals surface area contributed by atoms with E-state index in [4.69, 9.17) is 21.1 Å². The Kier molecular flexibility index (Phi) is 6.12. The fourth-order valence-corrected chi connectivity index (χ4v) is 2.39. The lowest BCUT2D eigenvalue weighted by Crippen LogP contribution is -2.33. The van der Waals surface area contributed by atoms with Crippen LogP contribution < -0.4 is 10.4 Å². The highest BCUT2D eigenvalue weighted by atomic mass is 35.5. The molecule has 1 heterocycles. The number of halogens is 4. The third-order valence-corrected chi connectivity index (χ3v) is 3.78. The Hall–Kier alpha value is -2.49. The van der Waals surface area contributed by atoms with E-state index in [1.165, 1.54) is 6.92 Å². The molecule has 0 spiro atoms. The zero-order valence-corrected chi connectivity index (χ0v) is 16.6. The van der Waals surface area contributed by atoms with Gasteiger partial charge in [0.25, 0.3) is 6.43 Å². The van der Waals surface area contributed by atoms with Gasteiger partial charge < -0.3 is 9.47 Å². The first-order valence-electron chi connectivity index (χ1n) is 8.15. The molecule has 1 unspecified atom stereocenters. The van der Waals surface area contributed by atoms with Crippen LogP contribution in [0.2, 0.25) is 5.02 Å². The normalized spacial score (nSPS) is 12.9. The number of nitrogens with zero attached hydrogens (tertiary/aromatic N) is 3. The van der Waals surface area contributed by atoms with Crippen LogP contribution in [0.4, 0.5) is 13.2 Å². The van der Waals surface area contributed by atoms with Crippen LogP contribution in [0, 0.1) is 5.82 Å². The lowest BCUT2D eigenvalue weighted by Gasteiger charge is -2.23. The highest BCUT2D eigenvalue weighted by Crippen LogP contribution is 2.30. The van der Waals surface area contributed by atoms with Gasteiger partial charge in [-0.1, -0.05) is 11.6 Å². The van der Waals surface area contributed by atoms with Gasteiger partial charge in [0.15, 0.2) is 11.9 Å². The summed E-state index contributed by atoms with van der Waals surface area (Å²) in [4.78, 5) is 24.2. The van der Waals surface area contributed by atoms with Gasteiger partial charge in [-0.25, -0.2) is 22.8 Å². The molecule has 0 N–H and O–H groups in total. The van der Waals surface area contributed by atoms with Crippen molar-refractivity contribution in [2.75, 3.05) is 0 Å². The smallest absolute Gasteiger partial charge is 0.350 e. The van der Waals surface area contributed by atoms with Crippen molar-refractivity contribution < 1.29 is 27.4 Å². The van der Waals surface area contributed by atoms with Crippen molar-refractivity contribution in [2.45, 2.75) is 45.8 Å². The van der Waals surface area contributed by atoms with Crippen molar-refractivity contribution in [1.29, 1.82) is 0 Å². The van der Waals surface area contributed by atoms with Crippen LogP contribution in [0.15, 0.2) is 16.9 Å². The largest absolute Gasteiger partial charge is 0.477 e. The lowest BCUT2D eigenvalue weighted by atomic mass is 10.2. The zero-order chi connectivity index (χ0) is 21.4. The molecule has 0 radical (unpaired) electrons. The second-order valence-corrected chi connectivity index (χ2v) is 7.35. The van der Waals surface area contributed by atoms with Crippen molar-refractivity contribution in [3.63, 3.8) is 0 Å². The second-order valence-electron chi connectivity index (χ2n) is 6.94. The maximum Gasteiger partial charge on any atom is 0.350 e. The molecule has 1 aromatic heterocycles. The number of hydrogen-bond acceptors (Lipinski definition) is 5. The zero-order valence-electron chi connectivity index (χ0n) is 15.8. The van der Waals surface area contributed by atoms with Crippen LogP contribution >= 0.6 is 11.6 Å². The Morgan fingerprint density at radius 1 is 1.29 bits per heavy atom. The fraction of sp³-hybridized carbons (Fsp3) is 0.471. The van der Waals surface area contributed by atoms with E-state index in [9.17, 15) is 22.8 Å².